The summed E-state index contributed by atoms with van der Waals surface area (Å²) in [7, 11) is -7.11. The van der Waals surface area contributed by atoms with Crippen LogP contribution in [0.4, 0.5) is 11.4 Å². The predicted octanol–water partition coefficient (Wildman–Crippen LogP) is 9.09. The molecule has 0 spiro atoms. The van der Waals surface area contributed by atoms with Crippen LogP contribution in [0.3, 0.4) is 0 Å². The molecule has 14 heteroatoms. The molecule has 1 aromatic rings. The van der Waals surface area contributed by atoms with Gasteiger partial charge in [0.1, 0.15) is 0 Å². The smallest absolute Gasteiger partial charge is 0.309 e. The van der Waals surface area contributed by atoms with E-state index in [0.29, 0.717) is 44.1 Å². The third-order valence-electron chi connectivity index (χ3n) is 6.64. The van der Waals surface area contributed by atoms with E-state index in [2.05, 4.69) is 0 Å². The van der Waals surface area contributed by atoms with Crippen LogP contribution >= 0.6 is 15.2 Å². The van der Waals surface area contributed by atoms with Crippen molar-refractivity contribution in [2.75, 3.05) is 38.8 Å². The summed E-state index contributed by atoms with van der Waals surface area (Å²) in [6.45, 7) is 9.12. The summed E-state index contributed by atoms with van der Waals surface area (Å²) in [6, 6.07) is 3.60. The van der Waals surface area contributed by atoms with Crippen molar-refractivity contribution in [1.29, 1.82) is 0 Å². The summed E-state index contributed by atoms with van der Waals surface area (Å²) in [5.74, 6) is -0.440. The molecule has 0 atom stereocenters. The molecular formula is C28H50N2O10P2. The molecule has 0 N–H and O–H groups in total. The normalized spacial score (nSPS) is 12.2. The number of non-ortho nitro benzene ring substituents is 1. The van der Waals surface area contributed by atoms with Crippen LogP contribution in [0.25, 0.3) is 0 Å². The summed E-state index contributed by atoms with van der Waals surface area (Å²) < 4.78 is 51.1. The first-order valence-corrected chi connectivity index (χ1v) is 18.7. The highest BCUT2D eigenvalue weighted by atomic mass is 31.2. The van der Waals surface area contributed by atoms with Crippen molar-refractivity contribution >= 4 is 26.6 Å². The Bertz CT molecular complexity index is 972. The van der Waals surface area contributed by atoms with Gasteiger partial charge in [-0.3, -0.25) is 29.4 Å². The molecule has 0 saturated heterocycles. The third-order valence-corrected chi connectivity index (χ3v) is 10.9. The van der Waals surface area contributed by atoms with Crippen LogP contribution in [-0.4, -0.2) is 48.6 Å². The van der Waals surface area contributed by atoms with Gasteiger partial charge in [0, 0.05) is 11.6 Å². The zero-order valence-corrected chi connectivity index (χ0v) is 27.5. The second-order valence-electron chi connectivity index (χ2n) is 10.4. The van der Waals surface area contributed by atoms with Gasteiger partial charge in [-0.05, 0) is 56.9 Å². The predicted molar refractivity (Wildman–Crippen MR) is 165 cm³/mol. The quantitative estimate of drug-likeness (QED) is 0.0415. The standard InChI is InChI=1S/C28H50N2O10P2/c1-5-9-18-37-41(35,38-19-10-6-2)23-25(24-42(36,39-20-11-7-3)40-21-12-8-4)14-13-15-26-16-17-27(29(31)32)22-28(26)30(33)34/h16-17,22,25H,5-15,18-21,23-24H2,1-4H3. The molecule has 242 valence electrons. The number of nitro benzene ring substituents is 2. The molecule has 0 aliphatic heterocycles. The van der Waals surface area contributed by atoms with Crippen LogP contribution in [0.2, 0.25) is 0 Å². The van der Waals surface area contributed by atoms with Crippen LogP contribution in [0, 0.1) is 26.1 Å². The van der Waals surface area contributed by atoms with Crippen LogP contribution in [-0.2, 0) is 33.6 Å². The van der Waals surface area contributed by atoms with Crippen molar-refractivity contribution in [3.63, 3.8) is 0 Å². The topological polar surface area (TPSA) is 157 Å². The SMILES string of the molecule is CCCCOP(=O)(CC(CCCc1ccc([N+](=O)[O-])cc1[N+](=O)[O-])CP(=O)(OCCCC)OCCCC)OCCCC. The molecule has 0 aliphatic rings. The van der Waals surface area contributed by atoms with Gasteiger partial charge in [0.25, 0.3) is 11.4 Å². The summed E-state index contributed by atoms with van der Waals surface area (Å²) in [5, 5.41) is 22.7. The number of rotatable bonds is 26. The van der Waals surface area contributed by atoms with Crippen molar-refractivity contribution in [2.45, 2.75) is 98.3 Å². The minimum Gasteiger partial charge on any atom is -0.309 e. The van der Waals surface area contributed by atoms with Crippen LogP contribution in [0.1, 0.15) is 97.5 Å². The van der Waals surface area contributed by atoms with Gasteiger partial charge < -0.3 is 18.1 Å². The average molecular weight is 637 g/mol. The molecule has 0 amide bonds. The minimum absolute atomic E-state index is 0.0149. The largest absolute Gasteiger partial charge is 0.330 e. The van der Waals surface area contributed by atoms with Crippen molar-refractivity contribution in [3.05, 3.63) is 44.0 Å². The van der Waals surface area contributed by atoms with Gasteiger partial charge in [-0.1, -0.05) is 53.4 Å². The van der Waals surface area contributed by atoms with E-state index >= 15 is 0 Å². The number of hydrogen-bond acceptors (Lipinski definition) is 10. The monoisotopic (exact) mass is 636 g/mol. The molecule has 0 heterocycles. The lowest BCUT2D eigenvalue weighted by atomic mass is 10.0. The highest BCUT2D eigenvalue weighted by Gasteiger charge is 2.35. The van der Waals surface area contributed by atoms with Gasteiger partial charge in [0.15, 0.2) is 0 Å². The van der Waals surface area contributed by atoms with Crippen molar-refractivity contribution in [2.24, 2.45) is 5.92 Å². The lowest BCUT2D eigenvalue weighted by Crippen LogP contribution is -2.18. The first-order chi connectivity index (χ1) is 20.0. The second-order valence-corrected chi connectivity index (χ2v) is 14.6. The van der Waals surface area contributed by atoms with E-state index in [4.69, 9.17) is 18.1 Å². The minimum atomic E-state index is -3.55. The van der Waals surface area contributed by atoms with E-state index in [0.717, 1.165) is 31.7 Å². The maximum atomic E-state index is 13.9. The fraction of sp³-hybridized carbons (Fsp3) is 0.786. The fourth-order valence-corrected chi connectivity index (χ4v) is 8.47. The third kappa shape index (κ3) is 15.2. The summed E-state index contributed by atoms with van der Waals surface area (Å²) in [4.78, 5) is 21.4. The molecule has 0 bridgehead atoms. The molecule has 0 unspecified atom stereocenters. The first kappa shape index (κ1) is 38.3. The molecule has 0 aromatic heterocycles. The number of unbranched alkanes of at least 4 members (excludes halogenated alkanes) is 4. The summed E-state index contributed by atoms with van der Waals surface area (Å²) >= 11 is 0. The van der Waals surface area contributed by atoms with Gasteiger partial charge >= 0.3 is 15.2 Å². The summed E-state index contributed by atoms with van der Waals surface area (Å²) in [6.07, 6.45) is 7.39. The number of aryl methyl sites for hydroxylation is 1. The number of benzene rings is 1. The fourth-order valence-electron chi connectivity index (χ4n) is 4.18. The highest BCUT2D eigenvalue weighted by molar-refractivity contribution is 7.55. The van der Waals surface area contributed by atoms with Gasteiger partial charge in [-0.2, -0.15) is 0 Å². The number of hydrogen-bond donors (Lipinski definition) is 0. The van der Waals surface area contributed by atoms with Gasteiger partial charge in [-0.25, -0.2) is 0 Å². The number of nitro groups is 2. The lowest BCUT2D eigenvalue weighted by molar-refractivity contribution is -0.394. The van der Waals surface area contributed by atoms with E-state index in [9.17, 15) is 29.4 Å². The number of nitrogens with zero attached hydrogens (tertiary/aromatic N) is 2. The van der Waals surface area contributed by atoms with Gasteiger partial charge in [0.05, 0.1) is 54.7 Å². The van der Waals surface area contributed by atoms with Crippen LogP contribution < -0.4 is 0 Å². The van der Waals surface area contributed by atoms with E-state index < -0.39 is 31.0 Å². The van der Waals surface area contributed by atoms with Gasteiger partial charge in [-0.15, -0.1) is 0 Å². The van der Waals surface area contributed by atoms with E-state index in [1.807, 2.05) is 27.7 Å². The molecule has 0 aliphatic carbocycles. The molecule has 1 rings (SSSR count). The molecular weight excluding hydrogens is 586 g/mol. The molecule has 0 fully saturated rings. The molecule has 12 nitrogen and oxygen atoms in total. The molecule has 0 radical (unpaired) electrons. The maximum absolute atomic E-state index is 13.9. The van der Waals surface area contributed by atoms with Crippen LogP contribution in [0.5, 0.6) is 0 Å². The van der Waals surface area contributed by atoms with Crippen molar-refractivity contribution < 1.29 is 37.1 Å². The Hall–Kier alpha value is -1.68. The van der Waals surface area contributed by atoms with Crippen molar-refractivity contribution in [1.82, 2.24) is 0 Å². The van der Waals surface area contributed by atoms with Crippen LogP contribution in [0.15, 0.2) is 18.2 Å². The van der Waals surface area contributed by atoms with E-state index in [1.165, 1.54) is 12.1 Å². The van der Waals surface area contributed by atoms with Crippen molar-refractivity contribution in [3.8, 4) is 0 Å². The maximum Gasteiger partial charge on any atom is 0.330 e. The average Bonchev–Trinajstić information content (AvgIpc) is 2.93. The van der Waals surface area contributed by atoms with Gasteiger partial charge in [0.2, 0.25) is 0 Å². The zero-order valence-electron chi connectivity index (χ0n) is 25.7. The lowest BCUT2D eigenvalue weighted by Gasteiger charge is -2.27. The molecule has 42 heavy (non-hydrogen) atoms. The Morgan fingerprint density at radius 1 is 0.690 bits per heavy atom. The molecule has 1 aromatic carbocycles. The Morgan fingerprint density at radius 2 is 1.12 bits per heavy atom. The zero-order chi connectivity index (χ0) is 31.4. The Balaban J connectivity index is 3.24. The first-order valence-electron chi connectivity index (χ1n) is 15.2. The second kappa shape index (κ2) is 21.1. The Morgan fingerprint density at radius 3 is 1.48 bits per heavy atom. The van der Waals surface area contributed by atoms with E-state index in [-0.39, 0.29) is 56.5 Å². The summed E-state index contributed by atoms with van der Waals surface area (Å²) in [5.41, 5.74) is -0.326. The molecule has 0 saturated carbocycles. The Labute approximate surface area is 250 Å². The Kier molecular flexibility index (Phi) is 19.3. The highest BCUT2D eigenvalue weighted by Crippen LogP contribution is 2.56. The van der Waals surface area contributed by atoms with E-state index in [1.54, 1.807) is 0 Å².